The van der Waals surface area contributed by atoms with E-state index in [0.717, 1.165) is 0 Å². The van der Waals surface area contributed by atoms with Gasteiger partial charge in [0.25, 0.3) is 0 Å². The Balaban J connectivity index is 3.06. The molecule has 0 aliphatic heterocycles. The number of methoxy groups -OCH3 is 2. The summed E-state index contributed by atoms with van der Waals surface area (Å²) < 4.78 is 10.6. The van der Waals surface area contributed by atoms with Gasteiger partial charge in [0.2, 0.25) is 0 Å². The number of carboxylic acids is 1. The van der Waals surface area contributed by atoms with Gasteiger partial charge in [0.15, 0.2) is 0 Å². The number of hydrogen-bond acceptors (Lipinski definition) is 4. The smallest absolute Gasteiger partial charge is 0.329 e. The van der Waals surface area contributed by atoms with Crippen molar-refractivity contribution in [3.05, 3.63) is 24.3 Å². The normalized spacial score (nSPS) is 14.4. The van der Waals surface area contributed by atoms with Gasteiger partial charge in [-0.2, -0.15) is 0 Å². The van der Waals surface area contributed by atoms with Crippen LogP contribution in [0.1, 0.15) is 27.2 Å². The molecule has 1 unspecified atom stereocenters. The number of carbonyl (C=O) groups is 1. The first kappa shape index (κ1) is 16.3. The predicted octanol–water partition coefficient (Wildman–Crippen LogP) is 2.77. The van der Waals surface area contributed by atoms with Crippen LogP contribution in [0, 0.1) is 0 Å². The second-order valence-electron chi connectivity index (χ2n) is 5.60. The molecule has 1 rings (SSSR count). The average Bonchev–Trinajstić information content (AvgIpc) is 2.38. The Bertz CT molecular complexity index is 473. The molecule has 0 amide bonds. The van der Waals surface area contributed by atoms with Crippen LogP contribution in [0.3, 0.4) is 0 Å². The van der Waals surface area contributed by atoms with Crippen LogP contribution in [0.5, 0.6) is 5.75 Å². The molecule has 5 heteroatoms. The van der Waals surface area contributed by atoms with Crippen LogP contribution in [0.25, 0.3) is 0 Å². The second-order valence-corrected chi connectivity index (χ2v) is 5.60. The van der Waals surface area contributed by atoms with E-state index in [2.05, 4.69) is 5.32 Å². The topological polar surface area (TPSA) is 67.8 Å². The Morgan fingerprint density at radius 2 is 1.85 bits per heavy atom. The van der Waals surface area contributed by atoms with Crippen molar-refractivity contribution in [3.8, 4) is 5.75 Å². The van der Waals surface area contributed by atoms with Gasteiger partial charge in [-0.15, -0.1) is 0 Å². The van der Waals surface area contributed by atoms with Gasteiger partial charge < -0.3 is 19.9 Å². The number of benzene rings is 1. The zero-order chi connectivity index (χ0) is 15.4. The molecule has 0 saturated carbocycles. The molecule has 1 atom stereocenters. The van der Waals surface area contributed by atoms with Gasteiger partial charge in [0, 0.05) is 13.5 Å². The van der Waals surface area contributed by atoms with Gasteiger partial charge in [-0.25, -0.2) is 4.79 Å². The van der Waals surface area contributed by atoms with Crippen molar-refractivity contribution in [1.29, 1.82) is 0 Å². The fraction of sp³-hybridized carbons (Fsp3) is 0.533. The third kappa shape index (κ3) is 3.87. The minimum Gasteiger partial charge on any atom is -0.495 e. The lowest BCUT2D eigenvalue weighted by atomic mass is 9.87. The SMILES string of the molecule is COc1ccccc1NC(C)(CC(C)(C)OC)C(=O)O. The number of anilines is 1. The number of rotatable bonds is 7. The predicted molar refractivity (Wildman–Crippen MR) is 78.4 cm³/mol. The van der Waals surface area contributed by atoms with Crippen molar-refractivity contribution in [2.24, 2.45) is 0 Å². The van der Waals surface area contributed by atoms with Gasteiger partial charge in [-0.05, 0) is 32.9 Å². The lowest BCUT2D eigenvalue weighted by Gasteiger charge is -2.35. The van der Waals surface area contributed by atoms with E-state index in [1.807, 2.05) is 26.0 Å². The molecule has 2 N–H and O–H groups in total. The molecule has 1 aromatic carbocycles. The van der Waals surface area contributed by atoms with Crippen molar-refractivity contribution in [1.82, 2.24) is 0 Å². The largest absolute Gasteiger partial charge is 0.495 e. The standard InChI is InChI=1S/C15H23NO4/c1-14(2,20-5)10-15(3,13(17)18)16-11-8-6-7-9-12(11)19-4/h6-9,16H,10H2,1-5H3,(H,17,18). The molecule has 0 saturated heterocycles. The molecular formula is C15H23NO4. The molecule has 0 radical (unpaired) electrons. The molecule has 0 fully saturated rings. The third-order valence-corrected chi connectivity index (χ3v) is 3.32. The molecule has 0 aliphatic rings. The highest BCUT2D eigenvalue weighted by Crippen LogP contribution is 2.31. The maximum Gasteiger partial charge on any atom is 0.329 e. The van der Waals surface area contributed by atoms with E-state index in [0.29, 0.717) is 17.9 Å². The highest BCUT2D eigenvalue weighted by Gasteiger charge is 2.39. The molecule has 0 spiro atoms. The van der Waals surface area contributed by atoms with Crippen LogP contribution in [0.2, 0.25) is 0 Å². The number of carboxylic acid groups (broad SMARTS) is 1. The van der Waals surface area contributed by atoms with Gasteiger partial charge in [0.05, 0.1) is 18.4 Å². The van der Waals surface area contributed by atoms with Crippen LogP contribution in [-0.2, 0) is 9.53 Å². The summed E-state index contributed by atoms with van der Waals surface area (Å²) >= 11 is 0. The van der Waals surface area contributed by atoms with E-state index in [4.69, 9.17) is 9.47 Å². The number of ether oxygens (including phenoxy) is 2. The van der Waals surface area contributed by atoms with Crippen LogP contribution >= 0.6 is 0 Å². The van der Waals surface area contributed by atoms with Gasteiger partial charge in [-0.3, -0.25) is 0 Å². The summed E-state index contributed by atoms with van der Waals surface area (Å²) in [5.74, 6) is -0.330. The molecule has 0 heterocycles. The molecule has 0 bridgehead atoms. The first-order valence-corrected chi connectivity index (χ1v) is 6.44. The number of aliphatic carboxylic acids is 1. The summed E-state index contributed by atoms with van der Waals surface area (Å²) in [4.78, 5) is 11.7. The Hall–Kier alpha value is -1.75. The zero-order valence-electron chi connectivity index (χ0n) is 12.7. The average molecular weight is 281 g/mol. The summed E-state index contributed by atoms with van der Waals surface area (Å²) in [5.41, 5.74) is -1.07. The number of hydrogen-bond donors (Lipinski definition) is 2. The maximum absolute atomic E-state index is 11.7. The summed E-state index contributed by atoms with van der Waals surface area (Å²) in [7, 11) is 3.13. The maximum atomic E-state index is 11.7. The molecule has 1 aromatic rings. The number of para-hydroxylation sites is 2. The fourth-order valence-corrected chi connectivity index (χ4v) is 2.14. The molecule has 5 nitrogen and oxygen atoms in total. The van der Waals surface area contributed by atoms with Gasteiger partial charge >= 0.3 is 5.97 Å². The van der Waals surface area contributed by atoms with E-state index in [9.17, 15) is 9.90 Å². The second kappa shape index (κ2) is 6.13. The Kier molecular flexibility index (Phi) is 5.00. The summed E-state index contributed by atoms with van der Waals surface area (Å²) in [6, 6.07) is 7.24. The molecule has 0 aliphatic carbocycles. The monoisotopic (exact) mass is 281 g/mol. The van der Waals surface area contributed by atoms with E-state index in [-0.39, 0.29) is 0 Å². The van der Waals surface area contributed by atoms with Crippen LogP contribution in [0.15, 0.2) is 24.3 Å². The summed E-state index contributed by atoms with van der Waals surface area (Å²) in [5, 5.41) is 12.6. The van der Waals surface area contributed by atoms with Crippen molar-refractivity contribution in [3.63, 3.8) is 0 Å². The Labute approximate surface area is 119 Å². The first-order valence-electron chi connectivity index (χ1n) is 6.44. The first-order chi connectivity index (χ1) is 9.24. The molecule has 0 aromatic heterocycles. The lowest BCUT2D eigenvalue weighted by molar-refractivity contribution is -0.144. The van der Waals surface area contributed by atoms with E-state index >= 15 is 0 Å². The van der Waals surface area contributed by atoms with E-state index < -0.39 is 17.1 Å². The van der Waals surface area contributed by atoms with Crippen molar-refractivity contribution in [2.75, 3.05) is 19.5 Å². The number of nitrogens with one attached hydrogen (secondary N) is 1. The quantitative estimate of drug-likeness (QED) is 0.804. The minimum atomic E-state index is -1.16. The van der Waals surface area contributed by atoms with Gasteiger partial charge in [0.1, 0.15) is 11.3 Å². The Morgan fingerprint density at radius 1 is 1.25 bits per heavy atom. The van der Waals surface area contributed by atoms with Crippen molar-refractivity contribution in [2.45, 2.75) is 38.3 Å². The summed E-state index contributed by atoms with van der Waals surface area (Å²) in [6.45, 7) is 5.36. The minimum absolute atomic E-state index is 0.309. The molecule has 20 heavy (non-hydrogen) atoms. The zero-order valence-corrected chi connectivity index (χ0v) is 12.7. The lowest BCUT2D eigenvalue weighted by Crippen LogP contribution is -2.49. The summed E-state index contributed by atoms with van der Waals surface area (Å²) in [6.07, 6.45) is 0.309. The van der Waals surface area contributed by atoms with E-state index in [1.165, 1.54) is 0 Å². The van der Waals surface area contributed by atoms with Crippen LogP contribution in [0.4, 0.5) is 5.69 Å². The highest BCUT2D eigenvalue weighted by molar-refractivity contribution is 5.83. The van der Waals surface area contributed by atoms with Gasteiger partial charge in [-0.1, -0.05) is 12.1 Å². The third-order valence-electron chi connectivity index (χ3n) is 3.32. The molecular weight excluding hydrogens is 258 g/mol. The van der Waals surface area contributed by atoms with E-state index in [1.54, 1.807) is 33.3 Å². The van der Waals surface area contributed by atoms with Crippen molar-refractivity contribution < 1.29 is 19.4 Å². The highest BCUT2D eigenvalue weighted by atomic mass is 16.5. The Morgan fingerprint density at radius 3 is 2.35 bits per heavy atom. The van der Waals surface area contributed by atoms with Crippen LogP contribution in [-0.4, -0.2) is 36.4 Å². The fourth-order valence-electron chi connectivity index (χ4n) is 2.14. The molecule has 112 valence electrons. The van der Waals surface area contributed by atoms with Crippen molar-refractivity contribution >= 4 is 11.7 Å². The van der Waals surface area contributed by atoms with Crippen LogP contribution < -0.4 is 10.1 Å².